The molecule has 0 aliphatic rings. The average molecular weight is 267 g/mol. The van der Waals surface area contributed by atoms with Crippen molar-refractivity contribution >= 4 is 22.5 Å². The van der Waals surface area contributed by atoms with E-state index in [0.29, 0.717) is 6.10 Å². The van der Waals surface area contributed by atoms with Crippen molar-refractivity contribution in [2.45, 2.75) is 26.5 Å². The molecule has 0 spiro atoms. The van der Waals surface area contributed by atoms with Crippen molar-refractivity contribution in [2.24, 2.45) is 0 Å². The highest BCUT2D eigenvalue weighted by Crippen LogP contribution is 2.21. The monoisotopic (exact) mass is 266 g/mol. The first-order valence-electron chi connectivity index (χ1n) is 6.24. The number of hydrogen-bond acceptors (Lipinski definition) is 2. The van der Waals surface area contributed by atoms with E-state index in [0.717, 1.165) is 30.2 Å². The first-order valence-corrected chi connectivity index (χ1v) is 6.62. The molecule has 1 aromatic heterocycles. The number of nitrogens with one attached hydrogen (secondary N) is 2. The summed E-state index contributed by atoms with van der Waals surface area (Å²) in [5.74, 6) is 0. The van der Waals surface area contributed by atoms with Gasteiger partial charge in [-0.05, 0) is 31.5 Å². The highest BCUT2D eigenvalue weighted by molar-refractivity contribution is 6.31. The molecule has 18 heavy (non-hydrogen) atoms. The van der Waals surface area contributed by atoms with Gasteiger partial charge in [-0.2, -0.15) is 0 Å². The molecule has 0 radical (unpaired) electrons. The highest BCUT2D eigenvalue weighted by Gasteiger charge is 2.03. The second-order valence-electron chi connectivity index (χ2n) is 4.60. The minimum Gasteiger partial charge on any atom is -0.377 e. The van der Waals surface area contributed by atoms with Crippen LogP contribution in [0.5, 0.6) is 0 Å². The molecule has 0 aliphatic carbocycles. The second kappa shape index (κ2) is 6.23. The van der Waals surface area contributed by atoms with Gasteiger partial charge in [-0.25, -0.2) is 0 Å². The third-order valence-corrected chi connectivity index (χ3v) is 3.01. The molecule has 0 atom stereocenters. The van der Waals surface area contributed by atoms with Gasteiger partial charge in [0, 0.05) is 35.2 Å². The molecule has 0 saturated heterocycles. The molecular weight excluding hydrogens is 248 g/mol. The van der Waals surface area contributed by atoms with E-state index in [1.807, 2.05) is 32.2 Å². The molecule has 2 N–H and O–H groups in total. The summed E-state index contributed by atoms with van der Waals surface area (Å²) in [6.07, 6.45) is 2.32. The topological polar surface area (TPSA) is 37.0 Å². The van der Waals surface area contributed by atoms with Crippen LogP contribution in [-0.2, 0) is 11.3 Å². The fourth-order valence-corrected chi connectivity index (χ4v) is 2.07. The van der Waals surface area contributed by atoms with Gasteiger partial charge >= 0.3 is 0 Å². The first kappa shape index (κ1) is 13.4. The van der Waals surface area contributed by atoms with E-state index < -0.39 is 0 Å². The van der Waals surface area contributed by atoms with Crippen LogP contribution in [0.15, 0.2) is 24.4 Å². The molecule has 0 fully saturated rings. The van der Waals surface area contributed by atoms with Crippen molar-refractivity contribution in [1.29, 1.82) is 0 Å². The van der Waals surface area contributed by atoms with Crippen LogP contribution >= 0.6 is 11.6 Å². The van der Waals surface area contributed by atoms with Gasteiger partial charge in [0.1, 0.15) is 0 Å². The van der Waals surface area contributed by atoms with Gasteiger partial charge in [0.25, 0.3) is 0 Å². The Bertz CT molecular complexity index is 507. The number of aromatic nitrogens is 1. The van der Waals surface area contributed by atoms with Crippen LogP contribution in [0.25, 0.3) is 10.9 Å². The highest BCUT2D eigenvalue weighted by atomic mass is 35.5. The van der Waals surface area contributed by atoms with E-state index in [1.165, 1.54) is 10.9 Å². The van der Waals surface area contributed by atoms with Crippen molar-refractivity contribution in [3.63, 3.8) is 0 Å². The fourth-order valence-electron chi connectivity index (χ4n) is 1.89. The van der Waals surface area contributed by atoms with Gasteiger partial charge in [0.05, 0.1) is 12.7 Å². The Balaban J connectivity index is 1.88. The zero-order valence-corrected chi connectivity index (χ0v) is 11.6. The van der Waals surface area contributed by atoms with E-state index in [2.05, 4.69) is 16.4 Å². The summed E-state index contributed by atoms with van der Waals surface area (Å²) in [5, 5.41) is 5.35. The molecule has 2 aromatic rings. The molecule has 4 heteroatoms. The number of H-pyrrole nitrogens is 1. The molecule has 0 saturated carbocycles. The summed E-state index contributed by atoms with van der Waals surface area (Å²) in [4.78, 5) is 3.23. The maximum absolute atomic E-state index is 5.95. The number of ether oxygens (including phenoxy) is 1. The first-order chi connectivity index (χ1) is 8.66. The second-order valence-corrected chi connectivity index (χ2v) is 5.04. The normalized spacial score (nSPS) is 11.6. The Morgan fingerprint density at radius 3 is 3.00 bits per heavy atom. The third kappa shape index (κ3) is 3.48. The summed E-state index contributed by atoms with van der Waals surface area (Å²) in [5.41, 5.74) is 2.34. The Kier molecular flexibility index (Phi) is 4.64. The van der Waals surface area contributed by atoms with E-state index in [9.17, 15) is 0 Å². The third-order valence-electron chi connectivity index (χ3n) is 2.77. The summed E-state index contributed by atoms with van der Waals surface area (Å²) in [7, 11) is 0. The largest absolute Gasteiger partial charge is 0.377 e. The molecule has 1 heterocycles. The van der Waals surface area contributed by atoms with E-state index in [4.69, 9.17) is 16.3 Å². The standard InChI is InChI=1S/C14H19ClN2O/c1-10(2)18-6-5-16-8-11-9-17-14-7-12(15)3-4-13(11)14/h3-4,7,9-10,16-17H,5-6,8H2,1-2H3. The zero-order valence-electron chi connectivity index (χ0n) is 10.8. The van der Waals surface area contributed by atoms with Gasteiger partial charge < -0.3 is 15.0 Å². The van der Waals surface area contributed by atoms with E-state index in [1.54, 1.807) is 0 Å². The van der Waals surface area contributed by atoms with Crippen LogP contribution in [0.2, 0.25) is 5.02 Å². The number of aromatic amines is 1. The predicted octanol–water partition coefficient (Wildman–Crippen LogP) is 3.34. The van der Waals surface area contributed by atoms with Gasteiger partial charge in [-0.1, -0.05) is 17.7 Å². The fraction of sp³-hybridized carbons (Fsp3) is 0.429. The minimum absolute atomic E-state index is 0.294. The van der Waals surface area contributed by atoms with Gasteiger partial charge in [-0.3, -0.25) is 0 Å². The van der Waals surface area contributed by atoms with Crippen molar-refractivity contribution in [3.05, 3.63) is 35.0 Å². The van der Waals surface area contributed by atoms with Crippen molar-refractivity contribution < 1.29 is 4.74 Å². The SMILES string of the molecule is CC(C)OCCNCc1c[nH]c2cc(Cl)ccc12. The van der Waals surface area contributed by atoms with Crippen LogP contribution in [0, 0.1) is 0 Å². The molecule has 1 aromatic carbocycles. The molecule has 0 amide bonds. The predicted molar refractivity (Wildman–Crippen MR) is 76.1 cm³/mol. The average Bonchev–Trinajstić information content (AvgIpc) is 2.70. The van der Waals surface area contributed by atoms with Crippen molar-refractivity contribution in [3.8, 4) is 0 Å². The lowest BCUT2D eigenvalue weighted by molar-refractivity contribution is 0.0807. The molecular formula is C14H19ClN2O. The Morgan fingerprint density at radius 2 is 2.22 bits per heavy atom. The van der Waals surface area contributed by atoms with Crippen LogP contribution in [0.4, 0.5) is 0 Å². The lowest BCUT2D eigenvalue weighted by atomic mass is 10.2. The van der Waals surface area contributed by atoms with E-state index in [-0.39, 0.29) is 0 Å². The molecule has 3 nitrogen and oxygen atoms in total. The lowest BCUT2D eigenvalue weighted by Crippen LogP contribution is -2.20. The quantitative estimate of drug-likeness (QED) is 0.787. The Morgan fingerprint density at radius 1 is 1.39 bits per heavy atom. The number of rotatable bonds is 6. The summed E-state index contributed by atoms with van der Waals surface area (Å²) < 4.78 is 5.48. The van der Waals surface area contributed by atoms with Crippen LogP contribution < -0.4 is 5.32 Å². The Labute approximate surface area is 112 Å². The smallest absolute Gasteiger partial charge is 0.0594 e. The number of hydrogen-bond donors (Lipinski definition) is 2. The minimum atomic E-state index is 0.294. The summed E-state index contributed by atoms with van der Waals surface area (Å²) >= 11 is 5.95. The molecule has 0 aliphatic heterocycles. The zero-order chi connectivity index (χ0) is 13.0. The van der Waals surface area contributed by atoms with Crippen molar-refractivity contribution in [1.82, 2.24) is 10.3 Å². The lowest BCUT2D eigenvalue weighted by Gasteiger charge is -2.08. The molecule has 0 unspecified atom stereocenters. The maximum atomic E-state index is 5.95. The number of halogens is 1. The van der Waals surface area contributed by atoms with Crippen LogP contribution in [-0.4, -0.2) is 24.2 Å². The molecule has 98 valence electrons. The van der Waals surface area contributed by atoms with Crippen LogP contribution in [0.3, 0.4) is 0 Å². The molecule has 2 rings (SSSR count). The van der Waals surface area contributed by atoms with Gasteiger partial charge in [0.15, 0.2) is 0 Å². The molecule has 0 bridgehead atoms. The summed E-state index contributed by atoms with van der Waals surface area (Å²) in [6, 6.07) is 5.92. The maximum Gasteiger partial charge on any atom is 0.0594 e. The van der Waals surface area contributed by atoms with Gasteiger partial charge in [-0.15, -0.1) is 0 Å². The van der Waals surface area contributed by atoms with Crippen molar-refractivity contribution in [2.75, 3.05) is 13.2 Å². The van der Waals surface area contributed by atoms with E-state index >= 15 is 0 Å². The number of fused-ring (bicyclic) bond motifs is 1. The van der Waals surface area contributed by atoms with Crippen LogP contribution in [0.1, 0.15) is 19.4 Å². The van der Waals surface area contributed by atoms with Gasteiger partial charge in [0.2, 0.25) is 0 Å². The summed E-state index contributed by atoms with van der Waals surface area (Å²) in [6.45, 7) is 6.53. The Hall–Kier alpha value is -1.03. The number of benzene rings is 1.